The molecule has 0 saturated carbocycles. The number of amides is 1. The van der Waals surface area contributed by atoms with Crippen molar-refractivity contribution in [2.24, 2.45) is 7.05 Å². The smallest absolute Gasteiger partial charge is 0.256 e. The minimum absolute atomic E-state index is 0.214. The monoisotopic (exact) mass is 400 g/mol. The standard InChI is InChI=1S/C24H24N4O2/c1-16(2)23-25-11-12-28(23)15-17-7-6-8-18(13-17)26-24(30)20-14-22(29)27(3)21-10-5-4-9-19(20)21/h4-14,16H,15H2,1-3H3,(H,26,30). The van der Waals surface area contributed by atoms with Crippen LogP contribution in [0.4, 0.5) is 5.69 Å². The maximum absolute atomic E-state index is 13.0. The topological polar surface area (TPSA) is 68.9 Å². The molecule has 152 valence electrons. The Morgan fingerprint density at radius 1 is 1.10 bits per heavy atom. The molecular weight excluding hydrogens is 376 g/mol. The summed E-state index contributed by atoms with van der Waals surface area (Å²) in [4.78, 5) is 29.7. The SMILES string of the molecule is CC(C)c1nccn1Cc1cccc(NC(=O)c2cc(=O)n(C)c3ccccc23)c1. The van der Waals surface area contributed by atoms with Gasteiger partial charge in [-0.05, 0) is 23.8 Å². The lowest BCUT2D eigenvalue weighted by atomic mass is 10.1. The van der Waals surface area contributed by atoms with Crippen molar-refractivity contribution in [3.8, 4) is 0 Å². The predicted molar refractivity (Wildman–Crippen MR) is 119 cm³/mol. The lowest BCUT2D eigenvalue weighted by molar-refractivity contribution is 0.102. The summed E-state index contributed by atoms with van der Waals surface area (Å²) in [5.74, 6) is 1.06. The van der Waals surface area contributed by atoms with Crippen molar-refractivity contribution in [1.29, 1.82) is 0 Å². The molecule has 0 saturated heterocycles. The number of rotatable bonds is 5. The van der Waals surface area contributed by atoms with Crippen molar-refractivity contribution >= 4 is 22.5 Å². The van der Waals surface area contributed by atoms with Gasteiger partial charge >= 0.3 is 0 Å². The molecule has 4 aromatic rings. The van der Waals surface area contributed by atoms with Crippen LogP contribution in [0.3, 0.4) is 0 Å². The van der Waals surface area contributed by atoms with E-state index in [1.165, 1.54) is 6.07 Å². The number of carbonyl (C=O) groups is 1. The molecule has 30 heavy (non-hydrogen) atoms. The van der Waals surface area contributed by atoms with E-state index in [1.807, 2.05) is 60.9 Å². The van der Waals surface area contributed by atoms with E-state index in [0.717, 1.165) is 22.3 Å². The lowest BCUT2D eigenvalue weighted by Gasteiger charge is -2.13. The summed E-state index contributed by atoms with van der Waals surface area (Å²) in [6.07, 6.45) is 3.77. The van der Waals surface area contributed by atoms with E-state index in [2.05, 4.69) is 28.7 Å². The van der Waals surface area contributed by atoms with Gasteiger partial charge in [0.15, 0.2) is 0 Å². The Kier molecular flexibility index (Phi) is 5.23. The molecule has 0 atom stereocenters. The molecule has 0 aliphatic carbocycles. The molecule has 0 aliphatic rings. The number of imidazole rings is 1. The lowest BCUT2D eigenvalue weighted by Crippen LogP contribution is -2.21. The zero-order valence-electron chi connectivity index (χ0n) is 17.3. The van der Waals surface area contributed by atoms with Gasteiger partial charge in [0.25, 0.3) is 11.5 Å². The number of pyridine rings is 1. The Balaban J connectivity index is 1.61. The van der Waals surface area contributed by atoms with Crippen molar-refractivity contribution in [3.63, 3.8) is 0 Å². The van der Waals surface area contributed by atoms with Crippen LogP contribution >= 0.6 is 0 Å². The highest BCUT2D eigenvalue weighted by molar-refractivity contribution is 6.12. The van der Waals surface area contributed by atoms with Gasteiger partial charge in [-0.3, -0.25) is 9.59 Å². The predicted octanol–water partition coefficient (Wildman–Crippen LogP) is 4.16. The van der Waals surface area contributed by atoms with Gasteiger partial charge in [0, 0.05) is 49.0 Å². The molecule has 1 N–H and O–H groups in total. The second-order valence-corrected chi connectivity index (χ2v) is 7.69. The number of para-hydroxylation sites is 1. The van der Waals surface area contributed by atoms with Gasteiger partial charge < -0.3 is 14.5 Å². The van der Waals surface area contributed by atoms with Gasteiger partial charge in [0.05, 0.1) is 11.1 Å². The quantitative estimate of drug-likeness (QED) is 0.547. The van der Waals surface area contributed by atoms with Crippen molar-refractivity contribution in [1.82, 2.24) is 14.1 Å². The molecule has 2 aromatic carbocycles. The van der Waals surface area contributed by atoms with Crippen LogP contribution < -0.4 is 10.9 Å². The van der Waals surface area contributed by atoms with E-state index in [-0.39, 0.29) is 11.5 Å². The normalized spacial score (nSPS) is 11.2. The fraction of sp³-hybridized carbons (Fsp3) is 0.208. The molecule has 0 radical (unpaired) electrons. The summed E-state index contributed by atoms with van der Waals surface area (Å²) in [6, 6.07) is 16.5. The van der Waals surface area contributed by atoms with Crippen molar-refractivity contribution in [2.45, 2.75) is 26.3 Å². The average Bonchev–Trinajstić information content (AvgIpc) is 3.19. The zero-order valence-corrected chi connectivity index (χ0v) is 17.3. The zero-order chi connectivity index (χ0) is 21.3. The maximum Gasteiger partial charge on any atom is 0.256 e. The van der Waals surface area contributed by atoms with Crippen molar-refractivity contribution < 1.29 is 4.79 Å². The number of aromatic nitrogens is 3. The van der Waals surface area contributed by atoms with Gasteiger partial charge in [-0.2, -0.15) is 0 Å². The molecule has 0 bridgehead atoms. The first-order valence-electron chi connectivity index (χ1n) is 9.94. The van der Waals surface area contributed by atoms with Crippen LogP contribution in [0.25, 0.3) is 10.9 Å². The van der Waals surface area contributed by atoms with E-state index in [4.69, 9.17) is 0 Å². The largest absolute Gasteiger partial charge is 0.330 e. The van der Waals surface area contributed by atoms with E-state index in [1.54, 1.807) is 11.6 Å². The fourth-order valence-electron chi connectivity index (χ4n) is 3.70. The highest BCUT2D eigenvalue weighted by Gasteiger charge is 2.14. The minimum Gasteiger partial charge on any atom is -0.330 e. The second kappa shape index (κ2) is 7.99. The van der Waals surface area contributed by atoms with Crippen LogP contribution in [-0.2, 0) is 13.6 Å². The summed E-state index contributed by atoms with van der Waals surface area (Å²) < 4.78 is 3.66. The minimum atomic E-state index is -0.299. The Hall–Kier alpha value is -3.67. The van der Waals surface area contributed by atoms with Crippen LogP contribution in [0.2, 0.25) is 0 Å². The molecule has 2 aromatic heterocycles. The van der Waals surface area contributed by atoms with Gasteiger partial charge in [-0.15, -0.1) is 0 Å². The van der Waals surface area contributed by atoms with E-state index >= 15 is 0 Å². The number of nitrogens with one attached hydrogen (secondary N) is 1. The Morgan fingerprint density at radius 3 is 2.70 bits per heavy atom. The molecule has 0 fully saturated rings. The molecule has 6 nitrogen and oxygen atoms in total. The summed E-state index contributed by atoms with van der Waals surface area (Å²) >= 11 is 0. The molecule has 2 heterocycles. The van der Waals surface area contributed by atoms with Crippen molar-refractivity contribution in [3.05, 3.63) is 94.3 Å². The number of benzene rings is 2. The number of hydrogen-bond donors (Lipinski definition) is 1. The maximum atomic E-state index is 13.0. The van der Waals surface area contributed by atoms with Gasteiger partial charge in [0.1, 0.15) is 5.82 Å². The number of aryl methyl sites for hydroxylation is 1. The molecule has 6 heteroatoms. The van der Waals surface area contributed by atoms with Crippen molar-refractivity contribution in [2.75, 3.05) is 5.32 Å². The molecular formula is C24H24N4O2. The third kappa shape index (κ3) is 3.76. The van der Waals surface area contributed by atoms with Crippen LogP contribution in [0.5, 0.6) is 0 Å². The number of nitrogens with zero attached hydrogens (tertiary/aromatic N) is 3. The van der Waals surface area contributed by atoms with E-state index in [0.29, 0.717) is 23.7 Å². The van der Waals surface area contributed by atoms with Crippen LogP contribution in [0, 0.1) is 0 Å². The summed E-state index contributed by atoms with van der Waals surface area (Å²) in [5.41, 5.74) is 2.63. The molecule has 1 amide bonds. The Morgan fingerprint density at radius 2 is 1.90 bits per heavy atom. The third-order valence-corrected chi connectivity index (χ3v) is 5.20. The van der Waals surface area contributed by atoms with Crippen LogP contribution in [-0.4, -0.2) is 20.0 Å². The Labute approximate surface area is 174 Å². The first-order chi connectivity index (χ1) is 14.4. The molecule has 0 aliphatic heterocycles. The average molecular weight is 400 g/mol. The molecule has 0 unspecified atom stereocenters. The number of anilines is 1. The highest BCUT2D eigenvalue weighted by atomic mass is 16.2. The number of carbonyl (C=O) groups excluding carboxylic acids is 1. The molecule has 0 spiro atoms. The summed E-state index contributed by atoms with van der Waals surface area (Å²) in [7, 11) is 1.71. The van der Waals surface area contributed by atoms with E-state index < -0.39 is 0 Å². The fourth-order valence-corrected chi connectivity index (χ4v) is 3.70. The summed E-state index contributed by atoms with van der Waals surface area (Å²) in [5, 5.41) is 3.69. The van der Waals surface area contributed by atoms with Crippen LogP contribution in [0.15, 0.2) is 71.8 Å². The first-order valence-corrected chi connectivity index (χ1v) is 9.94. The third-order valence-electron chi connectivity index (χ3n) is 5.20. The van der Waals surface area contributed by atoms with E-state index in [9.17, 15) is 9.59 Å². The Bertz CT molecular complexity index is 1280. The van der Waals surface area contributed by atoms with Gasteiger partial charge in [-0.25, -0.2) is 4.98 Å². The van der Waals surface area contributed by atoms with Gasteiger partial charge in [0.2, 0.25) is 0 Å². The second-order valence-electron chi connectivity index (χ2n) is 7.69. The van der Waals surface area contributed by atoms with Crippen LogP contribution in [0.1, 0.15) is 41.5 Å². The summed E-state index contributed by atoms with van der Waals surface area (Å²) in [6.45, 7) is 4.90. The number of hydrogen-bond acceptors (Lipinski definition) is 3. The van der Waals surface area contributed by atoms with Gasteiger partial charge in [-0.1, -0.05) is 44.2 Å². The highest BCUT2D eigenvalue weighted by Crippen LogP contribution is 2.20. The first kappa shape index (κ1) is 19.6. The number of fused-ring (bicyclic) bond motifs is 1. The molecule has 4 rings (SSSR count).